The number of halogens is 1. The molecule has 0 atom stereocenters. The first kappa shape index (κ1) is 12.6. The maximum absolute atomic E-state index is 5.70. The van der Waals surface area contributed by atoms with Crippen LogP contribution in [0.25, 0.3) is 21.3 Å². The first-order chi connectivity index (χ1) is 9.36. The number of hydrogen-bond donors (Lipinski definition) is 0. The Balaban J connectivity index is 1.92. The topological polar surface area (TPSA) is 25.8 Å². The van der Waals surface area contributed by atoms with Gasteiger partial charge >= 0.3 is 0 Å². The van der Waals surface area contributed by atoms with Crippen molar-refractivity contribution in [2.75, 3.05) is 5.88 Å². The summed E-state index contributed by atoms with van der Waals surface area (Å²) in [5.74, 6) is 0.672. The third-order valence-electron chi connectivity index (χ3n) is 2.99. The minimum absolute atomic E-state index is 0.672. The highest BCUT2D eigenvalue weighted by Crippen LogP contribution is 2.27. The quantitative estimate of drug-likeness (QED) is 0.659. The van der Waals surface area contributed by atoms with Gasteiger partial charge in [0.05, 0.1) is 0 Å². The fourth-order valence-electron chi connectivity index (χ4n) is 2.01. The average Bonchev–Trinajstić information content (AvgIpc) is 2.93. The van der Waals surface area contributed by atoms with E-state index in [1.54, 1.807) is 11.3 Å². The molecule has 0 spiro atoms. The van der Waals surface area contributed by atoms with E-state index in [0.717, 1.165) is 28.4 Å². The largest absolute Gasteiger partial charge is 0.147 e. The van der Waals surface area contributed by atoms with Crippen LogP contribution in [0.15, 0.2) is 42.5 Å². The van der Waals surface area contributed by atoms with Crippen LogP contribution < -0.4 is 0 Å². The van der Waals surface area contributed by atoms with Crippen LogP contribution in [0.2, 0.25) is 0 Å². The lowest BCUT2D eigenvalue weighted by molar-refractivity contribution is 0.884. The van der Waals surface area contributed by atoms with Gasteiger partial charge in [-0.1, -0.05) is 47.7 Å². The molecular weight excluding hydrogens is 276 g/mol. The lowest BCUT2D eigenvalue weighted by Gasteiger charge is -1.99. The average molecular weight is 289 g/mol. The molecule has 0 fully saturated rings. The Hall–Kier alpha value is -1.45. The highest BCUT2D eigenvalue weighted by atomic mass is 35.5. The Bertz CT molecular complexity index is 693. The summed E-state index contributed by atoms with van der Waals surface area (Å²) in [4.78, 5) is 0. The van der Waals surface area contributed by atoms with Gasteiger partial charge < -0.3 is 0 Å². The highest BCUT2D eigenvalue weighted by Gasteiger charge is 2.07. The summed E-state index contributed by atoms with van der Waals surface area (Å²) in [6.07, 6.45) is 1.86. The summed E-state index contributed by atoms with van der Waals surface area (Å²) in [7, 11) is 0. The number of nitrogens with zero attached hydrogens (tertiary/aromatic N) is 2. The minimum Gasteiger partial charge on any atom is -0.143 e. The van der Waals surface area contributed by atoms with Crippen LogP contribution >= 0.6 is 22.9 Å². The molecule has 19 heavy (non-hydrogen) atoms. The number of benzene rings is 2. The molecule has 0 aliphatic heterocycles. The van der Waals surface area contributed by atoms with Crippen LogP contribution in [-0.4, -0.2) is 16.1 Å². The van der Waals surface area contributed by atoms with Crippen LogP contribution in [0.3, 0.4) is 0 Å². The van der Waals surface area contributed by atoms with E-state index in [0.29, 0.717) is 5.88 Å². The van der Waals surface area contributed by atoms with E-state index in [-0.39, 0.29) is 0 Å². The molecule has 2 nitrogen and oxygen atoms in total. The van der Waals surface area contributed by atoms with Gasteiger partial charge in [-0.15, -0.1) is 21.8 Å². The lowest BCUT2D eigenvalue weighted by Crippen LogP contribution is -1.84. The molecule has 1 heterocycles. The molecule has 0 saturated carbocycles. The number of fused-ring (bicyclic) bond motifs is 1. The normalized spacial score (nSPS) is 11.0. The Labute approximate surface area is 121 Å². The van der Waals surface area contributed by atoms with Crippen molar-refractivity contribution in [3.8, 4) is 10.6 Å². The van der Waals surface area contributed by atoms with Gasteiger partial charge in [-0.3, -0.25) is 0 Å². The first-order valence-corrected chi connectivity index (χ1v) is 7.59. The molecule has 0 N–H and O–H groups in total. The fraction of sp³-hybridized carbons (Fsp3) is 0.200. The van der Waals surface area contributed by atoms with Crippen LogP contribution in [0.5, 0.6) is 0 Å². The predicted octanol–water partition coefficient (Wildman–Crippen LogP) is 4.53. The van der Waals surface area contributed by atoms with E-state index in [2.05, 4.69) is 52.7 Å². The van der Waals surface area contributed by atoms with Gasteiger partial charge in [-0.05, 0) is 23.3 Å². The Kier molecular flexibility index (Phi) is 3.76. The number of rotatable bonds is 4. The van der Waals surface area contributed by atoms with Crippen molar-refractivity contribution in [2.24, 2.45) is 0 Å². The molecule has 4 heteroatoms. The number of alkyl halides is 1. The van der Waals surface area contributed by atoms with Gasteiger partial charge in [-0.2, -0.15) is 0 Å². The number of aromatic nitrogens is 2. The third-order valence-corrected chi connectivity index (χ3v) is 4.29. The van der Waals surface area contributed by atoms with Crippen LogP contribution in [0, 0.1) is 0 Å². The van der Waals surface area contributed by atoms with E-state index in [1.807, 2.05) is 0 Å². The standard InChI is InChI=1S/C15H13ClN2S/c16-9-3-6-14-17-18-15(19-14)13-8-7-11-4-1-2-5-12(11)10-13/h1-2,4-5,7-8,10H,3,6,9H2. The SMILES string of the molecule is ClCCCc1nnc(-c2ccc3ccccc3c2)s1. The Morgan fingerprint density at radius 2 is 1.84 bits per heavy atom. The molecule has 0 radical (unpaired) electrons. The van der Waals surface area contributed by atoms with Crippen LogP contribution in [0.1, 0.15) is 11.4 Å². The van der Waals surface area contributed by atoms with E-state index in [1.165, 1.54) is 10.8 Å². The zero-order valence-electron chi connectivity index (χ0n) is 10.3. The van der Waals surface area contributed by atoms with E-state index in [4.69, 9.17) is 11.6 Å². The van der Waals surface area contributed by atoms with Gasteiger partial charge in [0.15, 0.2) is 0 Å². The van der Waals surface area contributed by atoms with Gasteiger partial charge in [0, 0.05) is 17.9 Å². The maximum Gasteiger partial charge on any atom is 0.147 e. The Morgan fingerprint density at radius 1 is 1.00 bits per heavy atom. The predicted molar refractivity (Wildman–Crippen MR) is 81.9 cm³/mol. The molecule has 0 unspecified atom stereocenters. The van der Waals surface area contributed by atoms with Crippen molar-refractivity contribution in [3.63, 3.8) is 0 Å². The molecule has 96 valence electrons. The van der Waals surface area contributed by atoms with Gasteiger partial charge in [0.1, 0.15) is 10.0 Å². The van der Waals surface area contributed by atoms with E-state index >= 15 is 0 Å². The second-order valence-electron chi connectivity index (χ2n) is 4.36. The highest BCUT2D eigenvalue weighted by molar-refractivity contribution is 7.14. The minimum atomic E-state index is 0.672. The summed E-state index contributed by atoms with van der Waals surface area (Å²) in [5, 5.41) is 13.0. The van der Waals surface area contributed by atoms with Crippen molar-refractivity contribution in [3.05, 3.63) is 47.5 Å². The van der Waals surface area contributed by atoms with Crippen molar-refractivity contribution in [1.29, 1.82) is 0 Å². The molecular formula is C15H13ClN2S. The number of aryl methyl sites for hydroxylation is 1. The second-order valence-corrected chi connectivity index (χ2v) is 5.80. The van der Waals surface area contributed by atoms with E-state index in [9.17, 15) is 0 Å². The Morgan fingerprint density at radius 3 is 2.68 bits per heavy atom. The van der Waals surface area contributed by atoms with E-state index < -0.39 is 0 Å². The first-order valence-electron chi connectivity index (χ1n) is 6.24. The fourth-order valence-corrected chi connectivity index (χ4v) is 3.02. The molecule has 3 rings (SSSR count). The number of hydrogen-bond acceptors (Lipinski definition) is 3. The molecule has 0 aliphatic carbocycles. The summed E-state index contributed by atoms with van der Waals surface area (Å²) in [5.41, 5.74) is 1.13. The molecule has 0 amide bonds. The molecule has 0 bridgehead atoms. The van der Waals surface area contributed by atoms with Crippen molar-refractivity contribution in [2.45, 2.75) is 12.8 Å². The lowest BCUT2D eigenvalue weighted by atomic mass is 10.1. The van der Waals surface area contributed by atoms with Crippen molar-refractivity contribution in [1.82, 2.24) is 10.2 Å². The molecule has 1 aromatic heterocycles. The smallest absolute Gasteiger partial charge is 0.143 e. The van der Waals surface area contributed by atoms with Crippen LogP contribution in [-0.2, 0) is 6.42 Å². The van der Waals surface area contributed by atoms with Gasteiger partial charge in [0.2, 0.25) is 0 Å². The second kappa shape index (κ2) is 5.68. The summed E-state index contributed by atoms with van der Waals surface area (Å²) < 4.78 is 0. The van der Waals surface area contributed by atoms with Crippen LogP contribution in [0.4, 0.5) is 0 Å². The molecule has 3 aromatic rings. The third kappa shape index (κ3) is 2.77. The summed E-state index contributed by atoms with van der Waals surface area (Å²) in [6, 6.07) is 14.7. The van der Waals surface area contributed by atoms with Crippen molar-refractivity contribution < 1.29 is 0 Å². The maximum atomic E-state index is 5.70. The van der Waals surface area contributed by atoms with Gasteiger partial charge in [-0.25, -0.2) is 0 Å². The molecule has 2 aromatic carbocycles. The summed E-state index contributed by atoms with van der Waals surface area (Å²) in [6.45, 7) is 0. The summed E-state index contributed by atoms with van der Waals surface area (Å²) >= 11 is 7.35. The zero-order chi connectivity index (χ0) is 13.1. The van der Waals surface area contributed by atoms with Gasteiger partial charge in [0.25, 0.3) is 0 Å². The monoisotopic (exact) mass is 288 g/mol. The zero-order valence-corrected chi connectivity index (χ0v) is 11.9. The molecule has 0 aliphatic rings. The molecule has 0 saturated heterocycles. The van der Waals surface area contributed by atoms with Crippen molar-refractivity contribution >= 4 is 33.7 Å².